The summed E-state index contributed by atoms with van der Waals surface area (Å²) in [5.41, 5.74) is 0.318. The SMILES string of the molecule is Cc1nc(C2CSCCN2C)nc(Cl)c1F. The summed E-state index contributed by atoms with van der Waals surface area (Å²) in [6.07, 6.45) is 0. The summed E-state index contributed by atoms with van der Waals surface area (Å²) in [7, 11) is 2.03. The highest BCUT2D eigenvalue weighted by atomic mass is 35.5. The molecule has 1 aromatic heterocycles. The molecule has 2 heterocycles. The lowest BCUT2D eigenvalue weighted by Gasteiger charge is -2.30. The molecule has 1 aliphatic heterocycles. The largest absolute Gasteiger partial charge is 0.295 e. The zero-order chi connectivity index (χ0) is 11.7. The Morgan fingerprint density at radius 3 is 2.88 bits per heavy atom. The summed E-state index contributed by atoms with van der Waals surface area (Å²) in [6.45, 7) is 2.61. The lowest BCUT2D eigenvalue weighted by atomic mass is 10.2. The Hall–Kier alpha value is -0.390. The van der Waals surface area contributed by atoms with Crippen molar-refractivity contribution < 1.29 is 4.39 Å². The first-order valence-corrected chi connectivity index (χ1v) is 6.60. The number of aryl methyl sites for hydroxylation is 1. The topological polar surface area (TPSA) is 29.0 Å². The highest BCUT2D eigenvalue weighted by Gasteiger charge is 2.25. The average Bonchev–Trinajstić information content (AvgIpc) is 2.26. The third-order valence-electron chi connectivity index (χ3n) is 2.69. The van der Waals surface area contributed by atoms with Crippen LogP contribution < -0.4 is 0 Å². The standard InChI is InChI=1S/C10H13ClFN3S/c1-6-8(12)9(11)14-10(13-6)7-5-16-4-3-15(7)2/h7H,3-5H2,1-2H3. The van der Waals surface area contributed by atoms with Crippen LogP contribution in [0.5, 0.6) is 0 Å². The third kappa shape index (κ3) is 2.31. The molecular formula is C10H13ClFN3S. The molecule has 1 atom stereocenters. The van der Waals surface area contributed by atoms with Crippen molar-refractivity contribution in [3.63, 3.8) is 0 Å². The summed E-state index contributed by atoms with van der Waals surface area (Å²) in [5, 5.41) is -0.0773. The van der Waals surface area contributed by atoms with Gasteiger partial charge in [0, 0.05) is 18.1 Å². The summed E-state index contributed by atoms with van der Waals surface area (Å²) in [5.74, 6) is 2.15. The Kier molecular flexibility index (Phi) is 3.66. The molecule has 16 heavy (non-hydrogen) atoms. The minimum Gasteiger partial charge on any atom is -0.295 e. The molecule has 1 aromatic rings. The molecule has 0 bridgehead atoms. The predicted molar refractivity (Wildman–Crippen MR) is 64.4 cm³/mol. The maximum atomic E-state index is 13.3. The highest BCUT2D eigenvalue weighted by Crippen LogP contribution is 2.27. The van der Waals surface area contributed by atoms with Gasteiger partial charge in [-0.05, 0) is 14.0 Å². The van der Waals surface area contributed by atoms with E-state index in [1.54, 1.807) is 6.92 Å². The fraction of sp³-hybridized carbons (Fsp3) is 0.600. The Morgan fingerprint density at radius 2 is 2.25 bits per heavy atom. The van der Waals surface area contributed by atoms with Crippen LogP contribution in [-0.4, -0.2) is 40.0 Å². The molecule has 1 unspecified atom stereocenters. The maximum Gasteiger partial charge on any atom is 0.181 e. The van der Waals surface area contributed by atoms with E-state index in [0.717, 1.165) is 18.1 Å². The van der Waals surface area contributed by atoms with Gasteiger partial charge in [0.2, 0.25) is 0 Å². The number of rotatable bonds is 1. The van der Waals surface area contributed by atoms with Crippen molar-refractivity contribution in [3.8, 4) is 0 Å². The molecule has 1 fully saturated rings. The Bertz CT molecular complexity index is 379. The van der Waals surface area contributed by atoms with Crippen molar-refractivity contribution in [2.75, 3.05) is 25.1 Å². The van der Waals surface area contributed by atoms with Gasteiger partial charge in [0.15, 0.2) is 11.0 Å². The summed E-state index contributed by atoms with van der Waals surface area (Å²) in [4.78, 5) is 10.4. The van der Waals surface area contributed by atoms with Gasteiger partial charge < -0.3 is 0 Å². The van der Waals surface area contributed by atoms with E-state index in [0.29, 0.717) is 11.5 Å². The highest BCUT2D eigenvalue weighted by molar-refractivity contribution is 7.99. The molecule has 0 aromatic carbocycles. The molecule has 0 amide bonds. The smallest absolute Gasteiger partial charge is 0.181 e. The van der Waals surface area contributed by atoms with Crippen LogP contribution in [0.2, 0.25) is 5.15 Å². The Balaban J connectivity index is 2.32. The zero-order valence-electron chi connectivity index (χ0n) is 9.20. The molecule has 1 saturated heterocycles. The van der Waals surface area contributed by atoms with Crippen LogP contribution in [0.1, 0.15) is 17.6 Å². The third-order valence-corrected chi connectivity index (χ3v) is 3.96. The number of thioether (sulfide) groups is 1. The van der Waals surface area contributed by atoms with Crippen LogP contribution >= 0.6 is 23.4 Å². The quantitative estimate of drug-likeness (QED) is 0.726. The van der Waals surface area contributed by atoms with E-state index in [1.807, 2.05) is 18.8 Å². The molecule has 88 valence electrons. The summed E-state index contributed by atoms with van der Waals surface area (Å²) < 4.78 is 13.3. The monoisotopic (exact) mass is 261 g/mol. The minimum absolute atomic E-state index is 0.0773. The van der Waals surface area contributed by atoms with Crippen molar-refractivity contribution in [2.45, 2.75) is 13.0 Å². The first-order chi connectivity index (χ1) is 7.59. The molecule has 3 nitrogen and oxygen atoms in total. The molecule has 2 rings (SSSR count). The number of hydrogen-bond donors (Lipinski definition) is 0. The van der Waals surface area contributed by atoms with E-state index in [-0.39, 0.29) is 11.2 Å². The van der Waals surface area contributed by atoms with Gasteiger partial charge in [-0.15, -0.1) is 0 Å². The van der Waals surface area contributed by atoms with Gasteiger partial charge in [-0.25, -0.2) is 14.4 Å². The van der Waals surface area contributed by atoms with E-state index in [2.05, 4.69) is 14.9 Å². The van der Waals surface area contributed by atoms with Gasteiger partial charge in [0.1, 0.15) is 5.82 Å². The van der Waals surface area contributed by atoms with Gasteiger partial charge in [0.25, 0.3) is 0 Å². The molecule has 6 heteroatoms. The average molecular weight is 262 g/mol. The molecule has 1 aliphatic rings. The second kappa shape index (κ2) is 4.85. The van der Waals surface area contributed by atoms with E-state index < -0.39 is 5.82 Å². The second-order valence-electron chi connectivity index (χ2n) is 3.84. The molecule has 0 spiro atoms. The first-order valence-electron chi connectivity index (χ1n) is 5.07. The van der Waals surface area contributed by atoms with Crippen LogP contribution in [0.25, 0.3) is 0 Å². The number of halogens is 2. The molecular weight excluding hydrogens is 249 g/mol. The zero-order valence-corrected chi connectivity index (χ0v) is 10.8. The van der Waals surface area contributed by atoms with Crippen molar-refractivity contribution >= 4 is 23.4 Å². The van der Waals surface area contributed by atoms with Gasteiger partial charge in [-0.1, -0.05) is 11.6 Å². The minimum atomic E-state index is -0.517. The normalized spacial score (nSPS) is 22.4. The van der Waals surface area contributed by atoms with Crippen LogP contribution in [-0.2, 0) is 0 Å². The van der Waals surface area contributed by atoms with Crippen molar-refractivity contribution in [1.29, 1.82) is 0 Å². The molecule has 0 saturated carbocycles. The maximum absolute atomic E-state index is 13.3. The van der Waals surface area contributed by atoms with Crippen molar-refractivity contribution in [1.82, 2.24) is 14.9 Å². The lowest BCUT2D eigenvalue weighted by Crippen LogP contribution is -2.34. The molecule has 0 N–H and O–H groups in total. The van der Waals surface area contributed by atoms with Gasteiger partial charge in [-0.3, -0.25) is 4.90 Å². The molecule has 0 aliphatic carbocycles. The fourth-order valence-electron chi connectivity index (χ4n) is 1.65. The first kappa shape index (κ1) is 12.1. The fourth-order valence-corrected chi connectivity index (χ4v) is 3.09. The number of hydrogen-bond acceptors (Lipinski definition) is 4. The second-order valence-corrected chi connectivity index (χ2v) is 5.35. The van der Waals surface area contributed by atoms with Gasteiger partial charge in [0.05, 0.1) is 11.7 Å². The van der Waals surface area contributed by atoms with E-state index in [4.69, 9.17) is 11.6 Å². The van der Waals surface area contributed by atoms with Gasteiger partial charge >= 0.3 is 0 Å². The van der Waals surface area contributed by atoms with Crippen molar-refractivity contribution in [2.24, 2.45) is 0 Å². The van der Waals surface area contributed by atoms with Crippen LogP contribution in [0, 0.1) is 12.7 Å². The van der Waals surface area contributed by atoms with E-state index in [9.17, 15) is 4.39 Å². The van der Waals surface area contributed by atoms with E-state index >= 15 is 0 Å². The molecule has 0 radical (unpaired) electrons. The van der Waals surface area contributed by atoms with Crippen LogP contribution in [0.15, 0.2) is 0 Å². The van der Waals surface area contributed by atoms with Crippen molar-refractivity contribution in [3.05, 3.63) is 22.5 Å². The predicted octanol–water partition coefficient (Wildman–Crippen LogP) is 2.30. The van der Waals surface area contributed by atoms with E-state index in [1.165, 1.54) is 0 Å². The Labute approximate surface area is 103 Å². The van der Waals surface area contributed by atoms with Crippen LogP contribution in [0.4, 0.5) is 4.39 Å². The van der Waals surface area contributed by atoms with Gasteiger partial charge in [-0.2, -0.15) is 11.8 Å². The number of nitrogens with zero attached hydrogens (tertiary/aromatic N) is 3. The summed E-state index contributed by atoms with van der Waals surface area (Å²) >= 11 is 7.59. The Morgan fingerprint density at radius 1 is 1.50 bits per heavy atom. The number of aromatic nitrogens is 2. The van der Waals surface area contributed by atoms with Crippen LogP contribution in [0.3, 0.4) is 0 Å². The lowest BCUT2D eigenvalue weighted by molar-refractivity contribution is 0.263. The summed E-state index contributed by atoms with van der Waals surface area (Å²) in [6, 6.07) is 0.135.